The fourth-order valence-electron chi connectivity index (χ4n) is 2.34. The van der Waals surface area contributed by atoms with E-state index in [1.54, 1.807) is 7.11 Å². The maximum absolute atomic E-state index is 5.28. The van der Waals surface area contributed by atoms with Crippen LogP contribution in [0.4, 0.5) is 0 Å². The fraction of sp³-hybridized carbons (Fsp3) is 1.00. The second kappa shape index (κ2) is 9.73. The molecule has 0 radical (unpaired) electrons. The van der Waals surface area contributed by atoms with Gasteiger partial charge in [-0.1, -0.05) is 20.3 Å². The number of ether oxygens (including phenoxy) is 1. The molecule has 0 fully saturated rings. The highest BCUT2D eigenvalue weighted by molar-refractivity contribution is 4.81. The summed E-state index contributed by atoms with van der Waals surface area (Å²) < 4.78 is 5.28. The van der Waals surface area contributed by atoms with Gasteiger partial charge in [0.2, 0.25) is 0 Å². The van der Waals surface area contributed by atoms with Crippen molar-refractivity contribution < 1.29 is 4.74 Å². The van der Waals surface area contributed by atoms with Gasteiger partial charge >= 0.3 is 0 Å². The van der Waals surface area contributed by atoms with Crippen molar-refractivity contribution in [1.82, 2.24) is 10.2 Å². The first kappa shape index (κ1) is 18.9. The number of hydrogen-bond donors (Lipinski definition) is 1. The van der Waals surface area contributed by atoms with Crippen LogP contribution in [0, 0.1) is 0 Å². The molecule has 0 aromatic rings. The lowest BCUT2D eigenvalue weighted by Gasteiger charge is -2.38. The number of rotatable bonds is 10. The van der Waals surface area contributed by atoms with Gasteiger partial charge < -0.3 is 10.1 Å². The van der Waals surface area contributed by atoms with E-state index in [4.69, 9.17) is 4.74 Å². The third-order valence-corrected chi connectivity index (χ3v) is 3.67. The van der Waals surface area contributed by atoms with Crippen molar-refractivity contribution in [1.29, 1.82) is 0 Å². The molecule has 0 rings (SSSR count). The molecular weight excluding hydrogens is 236 g/mol. The van der Waals surface area contributed by atoms with Gasteiger partial charge in [0, 0.05) is 37.8 Å². The maximum Gasteiger partial charge on any atom is 0.0589 e. The van der Waals surface area contributed by atoms with Gasteiger partial charge in [0.25, 0.3) is 0 Å². The molecule has 116 valence electrons. The second-order valence-corrected chi connectivity index (χ2v) is 6.56. The Balaban J connectivity index is 4.63. The van der Waals surface area contributed by atoms with Gasteiger partial charge in [-0.3, -0.25) is 4.90 Å². The van der Waals surface area contributed by atoms with E-state index in [2.05, 4.69) is 51.8 Å². The summed E-state index contributed by atoms with van der Waals surface area (Å²) in [4.78, 5) is 2.62. The predicted molar refractivity (Wildman–Crippen MR) is 84.8 cm³/mol. The average Bonchev–Trinajstić information content (AvgIpc) is 2.34. The zero-order valence-corrected chi connectivity index (χ0v) is 14.3. The summed E-state index contributed by atoms with van der Waals surface area (Å²) in [6.45, 7) is 16.5. The summed E-state index contributed by atoms with van der Waals surface area (Å²) in [7, 11) is 1.79. The molecule has 0 saturated heterocycles. The fourth-order valence-corrected chi connectivity index (χ4v) is 2.34. The van der Waals surface area contributed by atoms with Crippen molar-refractivity contribution in [3.63, 3.8) is 0 Å². The molecule has 0 aromatic carbocycles. The second-order valence-electron chi connectivity index (χ2n) is 6.56. The minimum atomic E-state index is 0.189. The Bertz CT molecular complexity index is 213. The van der Waals surface area contributed by atoms with Crippen LogP contribution >= 0.6 is 0 Å². The number of methoxy groups -OCH3 is 1. The lowest BCUT2D eigenvalue weighted by Crippen LogP contribution is -2.51. The summed E-state index contributed by atoms with van der Waals surface area (Å²) in [5.41, 5.74) is 0.189. The molecule has 19 heavy (non-hydrogen) atoms. The molecule has 0 saturated carbocycles. The van der Waals surface area contributed by atoms with E-state index in [1.807, 2.05) is 0 Å². The number of nitrogens with zero attached hydrogens (tertiary/aromatic N) is 1. The van der Waals surface area contributed by atoms with Gasteiger partial charge in [0.15, 0.2) is 0 Å². The van der Waals surface area contributed by atoms with Gasteiger partial charge in [0.05, 0.1) is 6.61 Å². The summed E-state index contributed by atoms with van der Waals surface area (Å²) in [6.07, 6.45) is 3.67. The van der Waals surface area contributed by atoms with Crippen LogP contribution in [0.5, 0.6) is 0 Å². The normalized spacial score (nSPS) is 15.8. The highest BCUT2D eigenvalue weighted by Crippen LogP contribution is 2.14. The molecule has 3 nitrogen and oxygen atoms in total. The minimum absolute atomic E-state index is 0.189. The highest BCUT2D eigenvalue weighted by atomic mass is 16.5. The first-order valence-electron chi connectivity index (χ1n) is 7.85. The quantitative estimate of drug-likeness (QED) is 0.660. The number of hydrogen-bond acceptors (Lipinski definition) is 3. The van der Waals surface area contributed by atoms with Crippen molar-refractivity contribution in [3.8, 4) is 0 Å². The predicted octanol–water partition coefficient (Wildman–Crippen LogP) is 3.29. The average molecular weight is 272 g/mol. The van der Waals surface area contributed by atoms with Gasteiger partial charge in [-0.25, -0.2) is 0 Å². The molecule has 0 aliphatic carbocycles. The smallest absolute Gasteiger partial charge is 0.0589 e. The topological polar surface area (TPSA) is 24.5 Å². The third-order valence-electron chi connectivity index (χ3n) is 3.67. The molecule has 0 amide bonds. The van der Waals surface area contributed by atoms with Crippen LogP contribution < -0.4 is 5.32 Å². The summed E-state index contributed by atoms with van der Waals surface area (Å²) >= 11 is 0. The molecule has 0 aromatic heterocycles. The van der Waals surface area contributed by atoms with E-state index < -0.39 is 0 Å². The molecular formula is C16H36N2O. The van der Waals surface area contributed by atoms with Crippen LogP contribution in [-0.2, 0) is 4.74 Å². The summed E-state index contributed by atoms with van der Waals surface area (Å²) in [5, 5.41) is 3.66. The SMILES string of the molecule is CCCC(CNC(C)(C)C)N(CCOC)C(C)CC. The van der Waals surface area contributed by atoms with Crippen molar-refractivity contribution in [3.05, 3.63) is 0 Å². The molecule has 0 spiro atoms. The van der Waals surface area contributed by atoms with E-state index in [-0.39, 0.29) is 5.54 Å². The van der Waals surface area contributed by atoms with Crippen molar-refractivity contribution in [2.24, 2.45) is 0 Å². The van der Waals surface area contributed by atoms with Crippen molar-refractivity contribution >= 4 is 0 Å². The molecule has 1 N–H and O–H groups in total. The first-order valence-corrected chi connectivity index (χ1v) is 7.85. The highest BCUT2D eigenvalue weighted by Gasteiger charge is 2.23. The maximum atomic E-state index is 5.28. The Morgan fingerprint density at radius 2 is 1.84 bits per heavy atom. The molecule has 0 aliphatic rings. The van der Waals surface area contributed by atoms with E-state index in [0.717, 1.165) is 19.7 Å². The van der Waals surface area contributed by atoms with Crippen LogP contribution in [0.3, 0.4) is 0 Å². The largest absolute Gasteiger partial charge is 0.383 e. The van der Waals surface area contributed by atoms with Gasteiger partial charge in [0.1, 0.15) is 0 Å². The Labute approximate surface area is 121 Å². The standard InChI is InChI=1S/C16H36N2O/c1-8-10-15(13-17-16(4,5)6)18(11-12-19-7)14(3)9-2/h14-15,17H,8-13H2,1-7H3. The monoisotopic (exact) mass is 272 g/mol. The Morgan fingerprint density at radius 3 is 2.26 bits per heavy atom. The zero-order chi connectivity index (χ0) is 14.9. The van der Waals surface area contributed by atoms with Crippen LogP contribution in [0.25, 0.3) is 0 Å². The molecule has 0 bridgehead atoms. The molecule has 0 heterocycles. The Morgan fingerprint density at radius 1 is 1.21 bits per heavy atom. The molecule has 2 atom stereocenters. The number of nitrogens with one attached hydrogen (secondary N) is 1. The molecule has 0 aliphatic heterocycles. The van der Waals surface area contributed by atoms with E-state index in [9.17, 15) is 0 Å². The minimum Gasteiger partial charge on any atom is -0.383 e. The van der Waals surface area contributed by atoms with E-state index in [1.165, 1.54) is 19.3 Å². The van der Waals surface area contributed by atoms with Crippen LogP contribution in [0.15, 0.2) is 0 Å². The Kier molecular flexibility index (Phi) is 9.67. The summed E-state index contributed by atoms with van der Waals surface area (Å²) in [6, 6.07) is 1.22. The van der Waals surface area contributed by atoms with Crippen molar-refractivity contribution in [2.45, 2.75) is 78.4 Å². The van der Waals surface area contributed by atoms with Gasteiger partial charge in [-0.05, 0) is 40.5 Å². The van der Waals surface area contributed by atoms with Crippen LogP contribution in [0.2, 0.25) is 0 Å². The lowest BCUT2D eigenvalue weighted by atomic mass is 10.0. The molecule has 3 heteroatoms. The Hall–Kier alpha value is -0.120. The lowest BCUT2D eigenvalue weighted by molar-refractivity contribution is 0.0802. The third kappa shape index (κ3) is 8.61. The van der Waals surface area contributed by atoms with Gasteiger partial charge in [-0.2, -0.15) is 0 Å². The summed E-state index contributed by atoms with van der Waals surface area (Å²) in [5.74, 6) is 0. The van der Waals surface area contributed by atoms with E-state index in [0.29, 0.717) is 12.1 Å². The van der Waals surface area contributed by atoms with E-state index >= 15 is 0 Å². The van der Waals surface area contributed by atoms with Crippen LogP contribution in [-0.4, -0.2) is 49.3 Å². The first-order chi connectivity index (χ1) is 8.85. The van der Waals surface area contributed by atoms with Crippen molar-refractivity contribution in [2.75, 3.05) is 26.8 Å². The van der Waals surface area contributed by atoms with Crippen LogP contribution in [0.1, 0.15) is 60.8 Å². The zero-order valence-electron chi connectivity index (χ0n) is 14.3. The van der Waals surface area contributed by atoms with Gasteiger partial charge in [-0.15, -0.1) is 0 Å². The molecule has 2 unspecified atom stereocenters.